The highest BCUT2D eigenvalue weighted by Gasteiger charge is 2.34. The smallest absolute Gasteiger partial charge is 0.249 e. The third-order valence-electron chi connectivity index (χ3n) is 6.98. The van der Waals surface area contributed by atoms with E-state index in [4.69, 9.17) is 9.47 Å². The van der Waals surface area contributed by atoms with Crippen molar-refractivity contribution < 1.29 is 23.9 Å². The van der Waals surface area contributed by atoms with Crippen LogP contribution in [0.1, 0.15) is 38.3 Å². The van der Waals surface area contributed by atoms with Gasteiger partial charge in [-0.1, -0.05) is 29.5 Å². The highest BCUT2D eigenvalue weighted by atomic mass is 16.5. The molecule has 42 heavy (non-hydrogen) atoms. The number of hydrogen-bond acceptors (Lipinski definition) is 7. The summed E-state index contributed by atoms with van der Waals surface area (Å²) < 4.78 is 12.9. The van der Waals surface area contributed by atoms with Gasteiger partial charge in [0.1, 0.15) is 23.9 Å². The Bertz CT molecular complexity index is 1530. The normalized spacial score (nSPS) is 15.2. The van der Waals surface area contributed by atoms with Gasteiger partial charge in [-0.05, 0) is 73.9 Å². The molecule has 0 unspecified atom stereocenters. The Balaban J connectivity index is 1.54. The van der Waals surface area contributed by atoms with Gasteiger partial charge in [0, 0.05) is 31.5 Å². The van der Waals surface area contributed by atoms with E-state index in [2.05, 4.69) is 20.9 Å². The van der Waals surface area contributed by atoms with Gasteiger partial charge < -0.3 is 20.1 Å². The fourth-order valence-corrected chi connectivity index (χ4v) is 5.03. The van der Waals surface area contributed by atoms with E-state index in [1.807, 2.05) is 31.2 Å². The molecule has 1 aliphatic heterocycles. The van der Waals surface area contributed by atoms with Gasteiger partial charge >= 0.3 is 0 Å². The van der Waals surface area contributed by atoms with Crippen LogP contribution in [0.25, 0.3) is 11.0 Å². The largest absolute Gasteiger partial charge is 0.494 e. The van der Waals surface area contributed by atoms with E-state index in [1.165, 1.54) is 16.5 Å². The van der Waals surface area contributed by atoms with Gasteiger partial charge in [-0.2, -0.15) is 0 Å². The monoisotopic (exact) mass is 570 g/mol. The summed E-state index contributed by atoms with van der Waals surface area (Å²) in [6.07, 6.45) is 1.73. The number of ether oxygens (including phenoxy) is 2. The molecule has 0 bridgehead atoms. The molecule has 0 radical (unpaired) electrons. The van der Waals surface area contributed by atoms with Crippen molar-refractivity contribution in [1.29, 1.82) is 0 Å². The lowest BCUT2D eigenvalue weighted by atomic mass is 10.0. The van der Waals surface area contributed by atoms with Crippen LogP contribution in [-0.2, 0) is 25.7 Å². The van der Waals surface area contributed by atoms with Crippen LogP contribution in [0.5, 0.6) is 5.75 Å². The number of benzene rings is 3. The van der Waals surface area contributed by atoms with Crippen molar-refractivity contribution >= 4 is 40.1 Å². The van der Waals surface area contributed by atoms with Crippen LogP contribution in [0.15, 0.2) is 72.8 Å². The first-order valence-electron chi connectivity index (χ1n) is 14.0. The second kappa shape index (κ2) is 13.3. The topological polar surface area (TPSA) is 128 Å². The molecule has 1 fully saturated rings. The molecule has 5 rings (SSSR count). The number of para-hydroxylation sites is 1. The number of rotatable bonds is 11. The van der Waals surface area contributed by atoms with Gasteiger partial charge in [0.05, 0.1) is 18.2 Å². The Morgan fingerprint density at radius 1 is 1.07 bits per heavy atom. The molecule has 4 aromatic rings. The maximum absolute atomic E-state index is 14.2. The molecule has 11 nitrogen and oxygen atoms in total. The Labute approximate surface area is 243 Å². The lowest BCUT2D eigenvalue weighted by Crippen LogP contribution is -2.46. The van der Waals surface area contributed by atoms with Crippen molar-refractivity contribution in [3.63, 3.8) is 0 Å². The number of amides is 3. The summed E-state index contributed by atoms with van der Waals surface area (Å²) in [5, 5.41) is 14.1. The van der Waals surface area contributed by atoms with E-state index in [9.17, 15) is 14.4 Å². The highest BCUT2D eigenvalue weighted by Crippen LogP contribution is 2.31. The zero-order valence-corrected chi connectivity index (χ0v) is 23.7. The molecule has 1 aromatic heterocycles. The molecule has 2 N–H and O–H groups in total. The molecule has 3 amide bonds. The molecule has 1 saturated heterocycles. The van der Waals surface area contributed by atoms with E-state index in [-0.39, 0.29) is 30.4 Å². The maximum atomic E-state index is 14.2. The van der Waals surface area contributed by atoms with E-state index in [0.717, 1.165) is 12.8 Å². The summed E-state index contributed by atoms with van der Waals surface area (Å²) in [6, 6.07) is 20.3. The third-order valence-corrected chi connectivity index (χ3v) is 6.98. The minimum absolute atomic E-state index is 0.0717. The first kappa shape index (κ1) is 28.7. The van der Waals surface area contributed by atoms with E-state index in [0.29, 0.717) is 53.5 Å². The number of carbonyl (C=O) groups excluding carboxylic acids is 3. The molecule has 0 saturated carbocycles. The Hall–Kier alpha value is -4.77. The minimum Gasteiger partial charge on any atom is -0.494 e. The zero-order chi connectivity index (χ0) is 29.5. The van der Waals surface area contributed by atoms with Crippen LogP contribution in [-0.4, -0.2) is 58.6 Å². The third kappa shape index (κ3) is 6.74. The SMILES string of the molecule is CCOc1ccc([C@@H](C(=O)NC[C@H]2CCCO2)N(C(=O)Cn2nnc3ccccc32)c2ccc(NC(C)=O)cc2)cc1. The standard InChI is InChI=1S/C31H34N6O5/c1-3-41-25-16-10-22(11-17-25)30(31(40)32-19-26-7-6-18-42-26)37(24-14-12-23(13-15-24)33-21(2)38)29(39)20-36-28-9-5-4-8-27(28)34-35-36/h4-5,8-17,26,30H,3,6-7,18-20H2,1-2H3,(H,32,40)(H,33,38)/t26-,30+/m1/s1. The molecule has 2 heterocycles. The van der Waals surface area contributed by atoms with Gasteiger partial charge in [0.25, 0.3) is 0 Å². The molecule has 0 aliphatic carbocycles. The number of aromatic nitrogens is 3. The number of carbonyl (C=O) groups is 3. The predicted molar refractivity (Wildman–Crippen MR) is 158 cm³/mol. The predicted octanol–water partition coefficient (Wildman–Crippen LogP) is 3.86. The summed E-state index contributed by atoms with van der Waals surface area (Å²) in [4.78, 5) is 41.2. The molecular weight excluding hydrogens is 536 g/mol. The molecule has 0 spiro atoms. The average molecular weight is 571 g/mol. The zero-order valence-electron chi connectivity index (χ0n) is 23.7. The van der Waals surface area contributed by atoms with Gasteiger partial charge in [-0.3, -0.25) is 19.3 Å². The number of fused-ring (bicyclic) bond motifs is 1. The van der Waals surface area contributed by atoms with Crippen LogP contribution in [0.2, 0.25) is 0 Å². The molecule has 218 valence electrons. The lowest BCUT2D eigenvalue weighted by Gasteiger charge is -2.32. The second-order valence-corrected chi connectivity index (χ2v) is 10.0. The van der Waals surface area contributed by atoms with Crippen molar-refractivity contribution in [2.45, 2.75) is 45.4 Å². The Morgan fingerprint density at radius 2 is 1.83 bits per heavy atom. The summed E-state index contributed by atoms with van der Waals surface area (Å²) in [7, 11) is 0. The number of nitrogens with one attached hydrogen (secondary N) is 2. The molecular formula is C31H34N6O5. The van der Waals surface area contributed by atoms with Gasteiger partial charge in [0.15, 0.2) is 0 Å². The number of anilines is 2. The van der Waals surface area contributed by atoms with Crippen LogP contribution in [0, 0.1) is 0 Å². The van der Waals surface area contributed by atoms with Crippen LogP contribution in [0.4, 0.5) is 11.4 Å². The van der Waals surface area contributed by atoms with Gasteiger partial charge in [-0.25, -0.2) is 4.68 Å². The van der Waals surface area contributed by atoms with Crippen molar-refractivity contribution in [1.82, 2.24) is 20.3 Å². The Morgan fingerprint density at radius 3 is 2.52 bits per heavy atom. The van der Waals surface area contributed by atoms with Crippen LogP contribution in [0.3, 0.4) is 0 Å². The Kier molecular flexibility index (Phi) is 9.08. The lowest BCUT2D eigenvalue weighted by molar-refractivity contribution is -0.127. The first-order chi connectivity index (χ1) is 20.4. The fraction of sp³-hybridized carbons (Fsp3) is 0.323. The summed E-state index contributed by atoms with van der Waals surface area (Å²) in [5.74, 6) is -0.276. The summed E-state index contributed by atoms with van der Waals surface area (Å²) in [5.41, 5.74) is 3.01. The van der Waals surface area contributed by atoms with Crippen molar-refractivity contribution in [3.05, 3.63) is 78.4 Å². The van der Waals surface area contributed by atoms with Gasteiger partial charge in [-0.15, -0.1) is 5.10 Å². The molecule has 3 aromatic carbocycles. The number of nitrogens with zero attached hydrogens (tertiary/aromatic N) is 4. The second-order valence-electron chi connectivity index (χ2n) is 10.0. The minimum atomic E-state index is -1.02. The van der Waals surface area contributed by atoms with Crippen molar-refractivity contribution in [2.24, 2.45) is 0 Å². The van der Waals surface area contributed by atoms with Crippen molar-refractivity contribution in [3.8, 4) is 5.75 Å². The number of hydrogen-bond donors (Lipinski definition) is 2. The average Bonchev–Trinajstić information content (AvgIpc) is 3.66. The first-order valence-corrected chi connectivity index (χ1v) is 14.0. The summed E-state index contributed by atoms with van der Waals surface area (Å²) in [6.45, 7) is 4.67. The maximum Gasteiger partial charge on any atom is 0.249 e. The van der Waals surface area contributed by atoms with Crippen molar-refractivity contribution in [2.75, 3.05) is 30.0 Å². The van der Waals surface area contributed by atoms with E-state index < -0.39 is 6.04 Å². The molecule has 2 atom stereocenters. The van der Waals surface area contributed by atoms with E-state index >= 15 is 0 Å². The fourth-order valence-electron chi connectivity index (χ4n) is 5.03. The van der Waals surface area contributed by atoms with Crippen LogP contribution >= 0.6 is 0 Å². The quantitative estimate of drug-likeness (QED) is 0.280. The highest BCUT2D eigenvalue weighted by molar-refractivity contribution is 6.02. The van der Waals surface area contributed by atoms with Crippen LogP contribution < -0.4 is 20.3 Å². The molecule has 1 aliphatic rings. The van der Waals surface area contributed by atoms with Gasteiger partial charge in [0.2, 0.25) is 17.7 Å². The summed E-state index contributed by atoms with van der Waals surface area (Å²) >= 11 is 0. The van der Waals surface area contributed by atoms with E-state index in [1.54, 1.807) is 48.5 Å². The molecule has 11 heteroatoms.